The smallest absolute Gasteiger partial charge is 0.311 e. The van der Waals surface area contributed by atoms with Crippen molar-refractivity contribution in [2.45, 2.75) is 58.0 Å². The Bertz CT molecular complexity index is 933. The zero-order valence-corrected chi connectivity index (χ0v) is 17.5. The lowest BCUT2D eigenvalue weighted by atomic mass is 9.88. The summed E-state index contributed by atoms with van der Waals surface area (Å²) in [7, 11) is 0. The fourth-order valence-corrected chi connectivity index (χ4v) is 4.46. The van der Waals surface area contributed by atoms with E-state index < -0.39 is 0 Å². The predicted octanol–water partition coefficient (Wildman–Crippen LogP) is 3.44. The molecule has 4 rings (SSSR count). The molecular formula is C24H29N3O3. The molecule has 30 heavy (non-hydrogen) atoms. The van der Waals surface area contributed by atoms with E-state index in [4.69, 9.17) is 9.84 Å². The van der Waals surface area contributed by atoms with Crippen LogP contribution >= 0.6 is 0 Å². The lowest BCUT2D eigenvalue weighted by Gasteiger charge is -2.27. The van der Waals surface area contributed by atoms with Crippen molar-refractivity contribution in [2.75, 3.05) is 6.61 Å². The average molecular weight is 408 g/mol. The molecule has 1 aromatic heterocycles. The number of carbonyl (C=O) groups is 2. The van der Waals surface area contributed by atoms with E-state index in [1.165, 1.54) is 11.3 Å². The SMILES string of the molecule is CCOC(=O)C1CC=CCC1NC(=O)c1nn(Cc2ccccc2)c2c1CCCC2. The Hall–Kier alpha value is -2.89. The van der Waals surface area contributed by atoms with Crippen molar-refractivity contribution in [1.82, 2.24) is 15.1 Å². The van der Waals surface area contributed by atoms with Crippen LogP contribution in [0.1, 0.15) is 59.9 Å². The number of benzene rings is 1. The Morgan fingerprint density at radius 3 is 2.70 bits per heavy atom. The molecule has 6 heteroatoms. The Morgan fingerprint density at radius 1 is 1.13 bits per heavy atom. The molecule has 0 radical (unpaired) electrons. The van der Waals surface area contributed by atoms with Gasteiger partial charge >= 0.3 is 5.97 Å². The van der Waals surface area contributed by atoms with E-state index >= 15 is 0 Å². The molecule has 2 aromatic rings. The number of rotatable bonds is 6. The normalized spacial score (nSPS) is 20.4. The van der Waals surface area contributed by atoms with E-state index in [0.717, 1.165) is 31.2 Å². The molecular weight excluding hydrogens is 378 g/mol. The van der Waals surface area contributed by atoms with Gasteiger partial charge in [0.15, 0.2) is 5.69 Å². The molecule has 2 aliphatic rings. The molecule has 0 saturated carbocycles. The highest BCUT2D eigenvalue weighted by Gasteiger charge is 2.33. The van der Waals surface area contributed by atoms with Gasteiger partial charge in [0, 0.05) is 17.3 Å². The minimum absolute atomic E-state index is 0.186. The van der Waals surface area contributed by atoms with Gasteiger partial charge in [0.1, 0.15) is 0 Å². The molecule has 1 heterocycles. The first-order valence-electron chi connectivity index (χ1n) is 10.9. The quantitative estimate of drug-likeness (QED) is 0.588. The average Bonchev–Trinajstić information content (AvgIpc) is 3.14. The zero-order chi connectivity index (χ0) is 20.9. The summed E-state index contributed by atoms with van der Waals surface area (Å²) in [5.41, 5.74) is 3.91. The van der Waals surface area contributed by atoms with Gasteiger partial charge in [-0.2, -0.15) is 5.10 Å². The lowest BCUT2D eigenvalue weighted by Crippen LogP contribution is -2.45. The number of hydrogen-bond donors (Lipinski definition) is 1. The molecule has 1 aromatic carbocycles. The molecule has 2 unspecified atom stereocenters. The van der Waals surface area contributed by atoms with Gasteiger partial charge in [0.05, 0.1) is 19.1 Å². The summed E-state index contributed by atoms with van der Waals surface area (Å²) in [6, 6.07) is 9.93. The Kier molecular flexibility index (Phi) is 6.31. The molecule has 1 N–H and O–H groups in total. The highest BCUT2D eigenvalue weighted by atomic mass is 16.5. The minimum Gasteiger partial charge on any atom is -0.466 e. The molecule has 1 amide bonds. The Labute approximate surface area is 177 Å². The molecule has 6 nitrogen and oxygen atoms in total. The largest absolute Gasteiger partial charge is 0.466 e. The van der Waals surface area contributed by atoms with Crippen LogP contribution in [0.25, 0.3) is 0 Å². The number of hydrogen-bond acceptors (Lipinski definition) is 4. The van der Waals surface area contributed by atoms with E-state index in [9.17, 15) is 9.59 Å². The maximum absolute atomic E-state index is 13.2. The summed E-state index contributed by atoms with van der Waals surface area (Å²) < 4.78 is 7.20. The number of aromatic nitrogens is 2. The fraction of sp³-hybridized carbons (Fsp3) is 0.458. The van der Waals surface area contributed by atoms with Crippen molar-refractivity contribution < 1.29 is 14.3 Å². The summed E-state index contributed by atoms with van der Waals surface area (Å²) in [4.78, 5) is 25.6. The van der Waals surface area contributed by atoms with Gasteiger partial charge in [-0.15, -0.1) is 0 Å². The number of nitrogens with one attached hydrogen (secondary N) is 1. The Morgan fingerprint density at radius 2 is 1.90 bits per heavy atom. The second kappa shape index (κ2) is 9.28. The molecule has 158 valence electrons. The zero-order valence-electron chi connectivity index (χ0n) is 17.5. The van der Waals surface area contributed by atoms with Crippen LogP contribution in [-0.4, -0.2) is 34.3 Å². The fourth-order valence-electron chi connectivity index (χ4n) is 4.46. The second-order valence-corrected chi connectivity index (χ2v) is 8.01. The van der Waals surface area contributed by atoms with Crippen LogP contribution in [0.2, 0.25) is 0 Å². The van der Waals surface area contributed by atoms with Crippen molar-refractivity contribution in [3.63, 3.8) is 0 Å². The van der Waals surface area contributed by atoms with Gasteiger partial charge in [-0.05, 0) is 51.0 Å². The van der Waals surface area contributed by atoms with Gasteiger partial charge in [0.2, 0.25) is 0 Å². The van der Waals surface area contributed by atoms with Crippen molar-refractivity contribution in [3.8, 4) is 0 Å². The van der Waals surface area contributed by atoms with E-state index in [1.807, 2.05) is 35.0 Å². The third kappa shape index (κ3) is 4.32. The van der Waals surface area contributed by atoms with Crippen LogP contribution in [0.4, 0.5) is 0 Å². The first kappa shape index (κ1) is 20.4. The van der Waals surface area contributed by atoms with Gasteiger partial charge in [-0.25, -0.2) is 0 Å². The summed E-state index contributed by atoms with van der Waals surface area (Å²) in [6.45, 7) is 2.81. The third-order valence-electron chi connectivity index (χ3n) is 5.99. The summed E-state index contributed by atoms with van der Waals surface area (Å²) in [6.07, 6.45) is 9.23. The number of amides is 1. The Balaban J connectivity index is 1.56. The lowest BCUT2D eigenvalue weighted by molar-refractivity contribution is -0.149. The summed E-state index contributed by atoms with van der Waals surface area (Å²) in [5, 5.41) is 7.81. The molecule has 0 spiro atoms. The van der Waals surface area contributed by atoms with Gasteiger partial charge in [-0.3, -0.25) is 14.3 Å². The number of nitrogens with zero attached hydrogens (tertiary/aromatic N) is 2. The van der Waals surface area contributed by atoms with Crippen LogP contribution in [0, 0.1) is 5.92 Å². The van der Waals surface area contributed by atoms with E-state index in [-0.39, 0.29) is 23.8 Å². The van der Waals surface area contributed by atoms with Crippen LogP contribution in [0.3, 0.4) is 0 Å². The van der Waals surface area contributed by atoms with Crippen molar-refractivity contribution in [3.05, 3.63) is 65.0 Å². The van der Waals surface area contributed by atoms with Crippen LogP contribution in [0.5, 0.6) is 0 Å². The first-order chi connectivity index (χ1) is 14.7. The minimum atomic E-state index is -0.346. The monoisotopic (exact) mass is 407 g/mol. The summed E-state index contributed by atoms with van der Waals surface area (Å²) in [5.74, 6) is -0.778. The van der Waals surface area contributed by atoms with Crippen LogP contribution in [0.15, 0.2) is 42.5 Å². The maximum atomic E-state index is 13.2. The number of ether oxygens (including phenoxy) is 1. The topological polar surface area (TPSA) is 73.2 Å². The third-order valence-corrected chi connectivity index (χ3v) is 5.99. The van der Waals surface area contributed by atoms with Crippen molar-refractivity contribution in [2.24, 2.45) is 5.92 Å². The number of fused-ring (bicyclic) bond motifs is 1. The van der Waals surface area contributed by atoms with E-state index in [0.29, 0.717) is 31.7 Å². The summed E-state index contributed by atoms with van der Waals surface area (Å²) >= 11 is 0. The van der Waals surface area contributed by atoms with E-state index in [1.54, 1.807) is 6.92 Å². The molecule has 0 aliphatic heterocycles. The molecule has 0 saturated heterocycles. The van der Waals surface area contributed by atoms with Crippen LogP contribution < -0.4 is 5.32 Å². The number of carbonyl (C=O) groups excluding carboxylic acids is 2. The van der Waals surface area contributed by atoms with E-state index in [2.05, 4.69) is 17.4 Å². The highest BCUT2D eigenvalue weighted by molar-refractivity contribution is 5.94. The number of allylic oxidation sites excluding steroid dienone is 1. The molecule has 0 bridgehead atoms. The standard InChI is InChI=1S/C24H29N3O3/c1-2-30-24(29)18-12-6-8-14-20(18)25-23(28)22-19-13-7-9-15-21(19)27(26-22)16-17-10-4-3-5-11-17/h3-6,8,10-11,18,20H,2,7,9,12-16H2,1H3,(H,25,28). The number of esters is 1. The molecule has 0 fully saturated rings. The van der Waals surface area contributed by atoms with Crippen LogP contribution in [-0.2, 0) is 28.9 Å². The van der Waals surface area contributed by atoms with Gasteiger partial charge < -0.3 is 10.1 Å². The highest BCUT2D eigenvalue weighted by Crippen LogP contribution is 2.26. The maximum Gasteiger partial charge on any atom is 0.311 e. The molecule has 2 atom stereocenters. The van der Waals surface area contributed by atoms with Crippen molar-refractivity contribution >= 4 is 11.9 Å². The van der Waals surface area contributed by atoms with Crippen molar-refractivity contribution in [1.29, 1.82) is 0 Å². The molecule has 2 aliphatic carbocycles. The second-order valence-electron chi connectivity index (χ2n) is 8.01. The first-order valence-corrected chi connectivity index (χ1v) is 10.9. The van der Waals surface area contributed by atoms with Gasteiger partial charge in [0.25, 0.3) is 5.91 Å². The predicted molar refractivity (Wildman–Crippen MR) is 114 cm³/mol. The van der Waals surface area contributed by atoms with Gasteiger partial charge in [-0.1, -0.05) is 42.5 Å².